The van der Waals surface area contributed by atoms with E-state index in [1.54, 1.807) is 0 Å². The summed E-state index contributed by atoms with van der Waals surface area (Å²) in [7, 11) is 0. The second-order valence-electron chi connectivity index (χ2n) is 10.6. The molecule has 2 bridgehead atoms. The van der Waals surface area contributed by atoms with Crippen molar-refractivity contribution in [2.75, 3.05) is 6.54 Å². The van der Waals surface area contributed by atoms with Gasteiger partial charge < -0.3 is 27.4 Å². The Hall–Kier alpha value is -2.89. The third-order valence-corrected chi connectivity index (χ3v) is 7.50. The zero-order valence-corrected chi connectivity index (χ0v) is 22.8. The molecule has 3 fully saturated rings. The van der Waals surface area contributed by atoms with E-state index in [1.807, 2.05) is 0 Å². The zero-order chi connectivity index (χ0) is 29.2. The quantitative estimate of drug-likeness (QED) is 0.128. The molecule has 3 unspecified atom stereocenters. The molecule has 11 heteroatoms. The topological polar surface area (TPSA) is 213 Å². The predicted molar refractivity (Wildman–Crippen MR) is 149 cm³/mol. The van der Waals surface area contributed by atoms with Gasteiger partial charge in [0.15, 0.2) is 0 Å². The average Bonchev–Trinajstić information content (AvgIpc) is 3.53. The molecule has 11 nitrogen and oxygen atoms in total. The molecule has 3 aliphatic rings. The molecule has 0 amide bonds. The Balaban J connectivity index is 0.000000263. The first-order valence-corrected chi connectivity index (χ1v) is 13.9. The van der Waals surface area contributed by atoms with E-state index in [9.17, 15) is 24.5 Å². The number of carbonyl (C=O) groups excluding carboxylic acids is 1. The van der Waals surface area contributed by atoms with Crippen molar-refractivity contribution in [3.05, 3.63) is 39.9 Å². The number of benzene rings is 1. The number of unbranched alkanes of at least 4 members (excludes halogenated alkanes) is 1. The summed E-state index contributed by atoms with van der Waals surface area (Å²) in [6, 6.07) is 5.23. The number of nitrogens with zero attached hydrogens (tertiary/aromatic N) is 1. The van der Waals surface area contributed by atoms with Gasteiger partial charge >= 0.3 is 11.9 Å². The molecule has 0 aliphatic heterocycles. The van der Waals surface area contributed by atoms with Crippen LogP contribution >= 0.6 is 0 Å². The first kappa shape index (κ1) is 34.1. The summed E-state index contributed by atoms with van der Waals surface area (Å²) in [5.41, 5.74) is 16.5. The maximum Gasteiger partial charge on any atom is 0.320 e. The first-order chi connectivity index (χ1) is 18.6. The van der Waals surface area contributed by atoms with Crippen molar-refractivity contribution in [1.29, 1.82) is 0 Å². The van der Waals surface area contributed by atoms with Crippen molar-refractivity contribution in [3.8, 4) is 0 Å². The van der Waals surface area contributed by atoms with Gasteiger partial charge in [0.05, 0.1) is 4.92 Å². The van der Waals surface area contributed by atoms with Crippen LogP contribution in [-0.4, -0.2) is 52.0 Å². The van der Waals surface area contributed by atoms with Crippen LogP contribution in [0.25, 0.3) is 0 Å². The number of non-ortho nitro benzene ring substituents is 1. The molecule has 0 radical (unpaired) electrons. The lowest BCUT2D eigenvalue weighted by Gasteiger charge is -2.18. The lowest BCUT2D eigenvalue weighted by molar-refractivity contribution is -0.384. The molecule has 1 aromatic rings. The van der Waals surface area contributed by atoms with E-state index in [4.69, 9.17) is 27.4 Å². The van der Waals surface area contributed by atoms with Crippen LogP contribution in [0.3, 0.4) is 0 Å². The number of aldehydes is 1. The fourth-order valence-electron chi connectivity index (χ4n) is 5.29. The number of nitrogens with two attached hydrogens (primary N) is 3. The Kier molecular flexibility index (Phi) is 16.8. The van der Waals surface area contributed by atoms with Crippen molar-refractivity contribution in [2.24, 2.45) is 35.0 Å². The van der Waals surface area contributed by atoms with E-state index < -0.39 is 22.9 Å². The third kappa shape index (κ3) is 14.7. The summed E-state index contributed by atoms with van der Waals surface area (Å²) in [6.07, 6.45) is 15.1. The SMILES string of the molecule is NC1CCCCC1.NCCCCC(N)C(=O)O.O=C(O)CC1CC2CC[C@H]1C2.O=Cc1ccc([N+](=O)[O-])cc1. The zero-order valence-electron chi connectivity index (χ0n) is 22.8. The van der Waals surface area contributed by atoms with Crippen LogP contribution in [-0.2, 0) is 9.59 Å². The maximum absolute atomic E-state index is 10.4. The Morgan fingerprint density at radius 3 is 2.05 bits per heavy atom. The maximum atomic E-state index is 10.4. The number of rotatable bonds is 9. The minimum atomic E-state index is -0.933. The van der Waals surface area contributed by atoms with Gasteiger partial charge in [0.25, 0.3) is 5.69 Å². The fraction of sp³-hybridized carbons (Fsp3) is 0.679. The highest BCUT2D eigenvalue weighted by Crippen LogP contribution is 2.49. The second-order valence-corrected chi connectivity index (χ2v) is 10.6. The van der Waals surface area contributed by atoms with Gasteiger partial charge in [0.2, 0.25) is 0 Å². The molecule has 4 atom stereocenters. The van der Waals surface area contributed by atoms with Crippen molar-refractivity contribution in [1.82, 2.24) is 0 Å². The lowest BCUT2D eigenvalue weighted by Crippen LogP contribution is -2.29. The fourth-order valence-corrected chi connectivity index (χ4v) is 5.29. The standard InChI is InChI=1S/C9H14O2.C7H5NO3.C6H14N2O2.C6H13N/c10-9(11)5-8-4-6-1-2-7(8)3-6;9-5-6-1-3-7(4-2-6)8(10)11;7-4-2-1-3-5(8)6(9)10;7-6-4-2-1-3-5-6/h6-8H,1-5H2,(H,10,11);1-5H;5H,1-4,7-8H2,(H,9,10);6H,1-5,7H2/t6?,7-,8?;;;/m0.../s1. The van der Waals surface area contributed by atoms with Crippen LogP contribution in [0.5, 0.6) is 0 Å². The summed E-state index contributed by atoms with van der Waals surface area (Å²) in [4.78, 5) is 40.3. The molecule has 0 saturated heterocycles. The number of carboxylic acids is 2. The van der Waals surface area contributed by atoms with E-state index in [2.05, 4.69) is 0 Å². The van der Waals surface area contributed by atoms with E-state index in [0.717, 1.165) is 24.7 Å². The Labute approximate surface area is 230 Å². The molecule has 3 saturated carbocycles. The van der Waals surface area contributed by atoms with Gasteiger partial charge in [-0.25, -0.2) is 0 Å². The lowest BCUT2D eigenvalue weighted by atomic mass is 9.86. The highest BCUT2D eigenvalue weighted by atomic mass is 16.6. The van der Waals surface area contributed by atoms with Crippen molar-refractivity contribution in [3.63, 3.8) is 0 Å². The second kappa shape index (κ2) is 19.2. The largest absolute Gasteiger partial charge is 0.481 e. The average molecular weight is 551 g/mol. The van der Waals surface area contributed by atoms with Crippen molar-refractivity contribution >= 4 is 23.9 Å². The summed E-state index contributed by atoms with van der Waals surface area (Å²) in [5.74, 6) is 0.617. The van der Waals surface area contributed by atoms with Crippen molar-refractivity contribution < 1.29 is 29.5 Å². The van der Waals surface area contributed by atoms with Crippen LogP contribution in [0.2, 0.25) is 0 Å². The number of nitro groups is 1. The number of carbonyl (C=O) groups is 3. The number of nitro benzene ring substituents is 1. The van der Waals surface area contributed by atoms with Gasteiger partial charge in [0.1, 0.15) is 12.3 Å². The van der Waals surface area contributed by atoms with Crippen LogP contribution in [0.1, 0.15) is 93.8 Å². The highest BCUT2D eigenvalue weighted by molar-refractivity contribution is 5.75. The Bertz CT molecular complexity index is 875. The van der Waals surface area contributed by atoms with Gasteiger partial charge in [0, 0.05) is 30.2 Å². The van der Waals surface area contributed by atoms with Gasteiger partial charge in [-0.15, -0.1) is 0 Å². The summed E-state index contributed by atoms with van der Waals surface area (Å²) in [6.45, 7) is 0.604. The number of aliphatic carboxylic acids is 2. The van der Waals surface area contributed by atoms with Crippen molar-refractivity contribution in [2.45, 2.75) is 95.6 Å². The molecule has 8 N–H and O–H groups in total. The van der Waals surface area contributed by atoms with E-state index in [-0.39, 0.29) is 5.69 Å². The molecule has 3 aliphatic carbocycles. The Morgan fingerprint density at radius 1 is 1.03 bits per heavy atom. The molecule has 0 heterocycles. The number of carboxylic acid groups (broad SMARTS) is 2. The van der Waals surface area contributed by atoms with Crippen LogP contribution in [0, 0.1) is 27.9 Å². The minimum Gasteiger partial charge on any atom is -0.481 e. The number of hydrogen-bond donors (Lipinski definition) is 5. The predicted octanol–water partition coefficient (Wildman–Crippen LogP) is 4.11. The molecule has 4 rings (SSSR count). The van der Waals surface area contributed by atoms with Gasteiger partial charge in [-0.2, -0.15) is 0 Å². The Morgan fingerprint density at radius 2 is 1.67 bits per heavy atom. The molecule has 0 spiro atoms. The highest BCUT2D eigenvalue weighted by Gasteiger charge is 2.40. The van der Waals surface area contributed by atoms with Crippen LogP contribution in [0.15, 0.2) is 24.3 Å². The third-order valence-electron chi connectivity index (χ3n) is 7.50. The van der Waals surface area contributed by atoms with E-state index in [0.29, 0.717) is 43.2 Å². The van der Waals surface area contributed by atoms with Crippen LogP contribution in [0.4, 0.5) is 5.69 Å². The monoisotopic (exact) mass is 550 g/mol. The summed E-state index contributed by atoms with van der Waals surface area (Å²) in [5, 5.41) is 27.0. The molecule has 39 heavy (non-hydrogen) atoms. The summed E-state index contributed by atoms with van der Waals surface area (Å²) < 4.78 is 0. The molecular formula is C28H46N4O7. The van der Waals surface area contributed by atoms with Gasteiger partial charge in [-0.3, -0.25) is 24.5 Å². The van der Waals surface area contributed by atoms with Gasteiger partial charge in [-0.1, -0.05) is 32.1 Å². The summed E-state index contributed by atoms with van der Waals surface area (Å²) >= 11 is 0. The minimum absolute atomic E-state index is 0.00407. The number of hydrogen-bond acceptors (Lipinski definition) is 8. The normalized spacial score (nSPS) is 22.1. The molecule has 1 aromatic carbocycles. The van der Waals surface area contributed by atoms with Crippen LogP contribution < -0.4 is 17.2 Å². The van der Waals surface area contributed by atoms with E-state index in [1.165, 1.54) is 82.1 Å². The molecular weight excluding hydrogens is 504 g/mol. The smallest absolute Gasteiger partial charge is 0.320 e. The molecule has 0 aromatic heterocycles. The van der Waals surface area contributed by atoms with E-state index >= 15 is 0 Å². The van der Waals surface area contributed by atoms with Gasteiger partial charge in [-0.05, 0) is 81.4 Å². The number of fused-ring (bicyclic) bond motifs is 2. The first-order valence-electron chi connectivity index (χ1n) is 13.9. The molecule has 220 valence electrons.